The van der Waals surface area contributed by atoms with Crippen LogP contribution in [-0.2, 0) is 0 Å². The molecule has 1 heterocycles. The molecule has 0 saturated carbocycles. The Kier molecular flexibility index (Phi) is 20.8. The van der Waals surface area contributed by atoms with Gasteiger partial charge in [0.1, 0.15) is 5.82 Å². The highest BCUT2D eigenvalue weighted by Crippen LogP contribution is 2.26. The number of nitrogens with zero attached hydrogens (tertiary/aromatic N) is 2. The van der Waals surface area contributed by atoms with Gasteiger partial charge in [-0.05, 0) is 19.8 Å². The lowest BCUT2D eigenvalue weighted by molar-refractivity contribution is 0.436. The van der Waals surface area contributed by atoms with Gasteiger partial charge in [0.05, 0.1) is 0 Å². The molecule has 2 atom stereocenters. The van der Waals surface area contributed by atoms with Gasteiger partial charge in [-0.1, -0.05) is 156 Å². The molecule has 0 N–H and O–H groups in total. The van der Waals surface area contributed by atoms with Gasteiger partial charge in [-0.3, -0.25) is 0 Å². The largest absolute Gasteiger partial charge is 0.332 e. The molecule has 2 unspecified atom stereocenters. The SMILES string of the molecule is CCCCCCCCCCCCCCCC(C)c1nccn1C(C)CCCCCCCCCC. The molecule has 1 aromatic rings. The minimum atomic E-state index is 0.587. The molecule has 2 heteroatoms. The number of hydrogen-bond donors (Lipinski definition) is 0. The summed E-state index contributed by atoms with van der Waals surface area (Å²) in [6, 6.07) is 0.590. The topological polar surface area (TPSA) is 17.8 Å². The van der Waals surface area contributed by atoms with Crippen molar-refractivity contribution in [3.63, 3.8) is 0 Å². The van der Waals surface area contributed by atoms with Crippen LogP contribution in [0.3, 0.4) is 0 Å². The van der Waals surface area contributed by atoms with E-state index in [4.69, 9.17) is 4.98 Å². The molecule has 0 aliphatic rings. The summed E-state index contributed by atoms with van der Waals surface area (Å²) in [6.45, 7) is 9.38. The second-order valence-corrected chi connectivity index (χ2v) is 11.2. The van der Waals surface area contributed by atoms with E-state index in [1.807, 2.05) is 6.20 Å². The van der Waals surface area contributed by atoms with E-state index in [-0.39, 0.29) is 0 Å². The number of aromatic nitrogens is 2. The highest BCUT2D eigenvalue weighted by molar-refractivity contribution is 5.00. The molecule has 34 heavy (non-hydrogen) atoms. The first-order chi connectivity index (χ1) is 16.7. The normalized spacial score (nSPS) is 13.4. The van der Waals surface area contributed by atoms with Gasteiger partial charge in [-0.15, -0.1) is 0 Å². The van der Waals surface area contributed by atoms with E-state index in [0.717, 1.165) is 0 Å². The van der Waals surface area contributed by atoms with Gasteiger partial charge in [0.15, 0.2) is 0 Å². The Morgan fingerprint density at radius 2 is 0.941 bits per heavy atom. The Morgan fingerprint density at radius 1 is 0.559 bits per heavy atom. The molecule has 0 aliphatic carbocycles. The molecule has 1 aromatic heterocycles. The van der Waals surface area contributed by atoms with Crippen molar-refractivity contribution >= 4 is 0 Å². The maximum atomic E-state index is 4.77. The summed E-state index contributed by atoms with van der Waals surface area (Å²) in [5.41, 5.74) is 0. The van der Waals surface area contributed by atoms with Crippen LogP contribution in [0.1, 0.15) is 193 Å². The first kappa shape index (κ1) is 31.2. The van der Waals surface area contributed by atoms with Gasteiger partial charge >= 0.3 is 0 Å². The highest BCUT2D eigenvalue weighted by Gasteiger charge is 2.15. The van der Waals surface area contributed by atoms with E-state index in [9.17, 15) is 0 Å². The van der Waals surface area contributed by atoms with E-state index in [0.29, 0.717) is 12.0 Å². The van der Waals surface area contributed by atoms with Gasteiger partial charge in [-0.25, -0.2) is 4.98 Å². The van der Waals surface area contributed by atoms with Gasteiger partial charge in [0.25, 0.3) is 0 Å². The average Bonchev–Trinajstić information content (AvgIpc) is 3.34. The lowest BCUT2D eigenvalue weighted by atomic mass is 9.99. The molecule has 0 radical (unpaired) electrons. The molecular formula is C32H62N2. The van der Waals surface area contributed by atoms with E-state index in [1.54, 1.807) is 0 Å². The maximum absolute atomic E-state index is 4.77. The Hall–Kier alpha value is -0.790. The summed E-state index contributed by atoms with van der Waals surface area (Å²) in [4.78, 5) is 4.77. The third-order valence-corrected chi connectivity index (χ3v) is 7.83. The molecule has 0 bridgehead atoms. The lowest BCUT2D eigenvalue weighted by Gasteiger charge is -2.20. The summed E-state index contributed by atoms with van der Waals surface area (Å²) in [6.07, 6.45) is 36.7. The standard InChI is InChI=1S/C32H62N2/c1-5-7-9-11-13-15-16-17-18-19-20-22-24-26-30(3)32-33-28-29-34(32)31(4)27-25-23-21-14-12-10-8-6-2/h28-31H,5-27H2,1-4H3. The first-order valence-electron chi connectivity index (χ1n) is 15.7. The fourth-order valence-corrected chi connectivity index (χ4v) is 5.39. The van der Waals surface area contributed by atoms with Crippen LogP contribution in [0.25, 0.3) is 0 Å². The molecule has 0 spiro atoms. The van der Waals surface area contributed by atoms with E-state index in [2.05, 4.69) is 38.5 Å². The molecule has 200 valence electrons. The van der Waals surface area contributed by atoms with Crippen molar-refractivity contribution in [2.24, 2.45) is 0 Å². The van der Waals surface area contributed by atoms with E-state index < -0.39 is 0 Å². The molecule has 0 aromatic carbocycles. The Morgan fingerprint density at radius 3 is 1.38 bits per heavy atom. The minimum Gasteiger partial charge on any atom is -0.332 e. The Bertz CT molecular complexity index is 535. The maximum Gasteiger partial charge on any atom is 0.111 e. The minimum absolute atomic E-state index is 0.587. The predicted octanol–water partition coefficient (Wildman–Crippen LogP) is 11.6. The van der Waals surface area contributed by atoms with E-state index in [1.165, 1.54) is 154 Å². The van der Waals surface area contributed by atoms with Crippen LogP contribution in [0.4, 0.5) is 0 Å². The summed E-state index contributed by atoms with van der Waals surface area (Å²) < 4.78 is 2.48. The summed E-state index contributed by atoms with van der Waals surface area (Å²) in [7, 11) is 0. The fourth-order valence-electron chi connectivity index (χ4n) is 5.39. The van der Waals surface area contributed by atoms with Crippen molar-refractivity contribution in [2.45, 2.75) is 187 Å². The zero-order valence-corrected chi connectivity index (χ0v) is 24.0. The Labute approximate surface area is 215 Å². The first-order valence-corrected chi connectivity index (χ1v) is 15.7. The number of imidazole rings is 1. The van der Waals surface area contributed by atoms with Crippen molar-refractivity contribution in [1.29, 1.82) is 0 Å². The molecule has 2 nitrogen and oxygen atoms in total. The van der Waals surface area contributed by atoms with Crippen LogP contribution in [0.5, 0.6) is 0 Å². The molecule has 1 rings (SSSR count). The third-order valence-electron chi connectivity index (χ3n) is 7.83. The molecule has 0 aliphatic heterocycles. The molecular weight excluding hydrogens is 412 g/mol. The third kappa shape index (κ3) is 16.0. The summed E-state index contributed by atoms with van der Waals surface area (Å²) >= 11 is 0. The van der Waals surface area contributed by atoms with Crippen LogP contribution < -0.4 is 0 Å². The number of unbranched alkanes of at least 4 members (excludes halogenated alkanes) is 19. The second kappa shape index (κ2) is 22.7. The smallest absolute Gasteiger partial charge is 0.111 e. The zero-order valence-electron chi connectivity index (χ0n) is 24.0. The van der Waals surface area contributed by atoms with Crippen molar-refractivity contribution in [3.05, 3.63) is 18.2 Å². The van der Waals surface area contributed by atoms with Gasteiger partial charge in [0.2, 0.25) is 0 Å². The average molecular weight is 475 g/mol. The van der Waals surface area contributed by atoms with Gasteiger partial charge < -0.3 is 4.57 Å². The predicted molar refractivity (Wildman–Crippen MR) is 153 cm³/mol. The van der Waals surface area contributed by atoms with Crippen molar-refractivity contribution in [3.8, 4) is 0 Å². The monoisotopic (exact) mass is 474 g/mol. The summed E-state index contributed by atoms with van der Waals surface area (Å²) in [5.74, 6) is 1.91. The molecule has 0 fully saturated rings. The number of hydrogen-bond acceptors (Lipinski definition) is 1. The lowest BCUT2D eigenvalue weighted by Crippen LogP contribution is -2.11. The summed E-state index contributed by atoms with van der Waals surface area (Å²) in [5, 5.41) is 0. The highest BCUT2D eigenvalue weighted by atomic mass is 15.1. The molecule has 0 saturated heterocycles. The van der Waals surface area contributed by atoms with Gasteiger partial charge in [0, 0.05) is 24.4 Å². The fraction of sp³-hybridized carbons (Fsp3) is 0.906. The quantitative estimate of drug-likeness (QED) is 0.129. The molecule has 0 amide bonds. The van der Waals surface area contributed by atoms with Gasteiger partial charge in [-0.2, -0.15) is 0 Å². The van der Waals surface area contributed by atoms with Crippen molar-refractivity contribution in [2.75, 3.05) is 0 Å². The Balaban J connectivity index is 2.05. The van der Waals surface area contributed by atoms with Crippen LogP contribution in [0.15, 0.2) is 12.4 Å². The van der Waals surface area contributed by atoms with Crippen LogP contribution in [0.2, 0.25) is 0 Å². The number of rotatable bonds is 25. The van der Waals surface area contributed by atoms with Crippen LogP contribution in [0, 0.1) is 0 Å². The van der Waals surface area contributed by atoms with Crippen LogP contribution >= 0.6 is 0 Å². The van der Waals surface area contributed by atoms with Crippen LogP contribution in [-0.4, -0.2) is 9.55 Å². The van der Waals surface area contributed by atoms with Crippen molar-refractivity contribution < 1.29 is 0 Å². The zero-order chi connectivity index (χ0) is 24.7. The second-order valence-electron chi connectivity index (χ2n) is 11.2. The van der Waals surface area contributed by atoms with Crippen molar-refractivity contribution in [1.82, 2.24) is 9.55 Å². The van der Waals surface area contributed by atoms with E-state index >= 15 is 0 Å².